The first-order chi connectivity index (χ1) is 14.3. The molecule has 3 rings (SSSR count). The van der Waals surface area contributed by atoms with E-state index in [-0.39, 0.29) is 32.8 Å². The highest BCUT2D eigenvalue weighted by Gasteiger charge is 2.15. The molecule has 0 bridgehead atoms. The highest BCUT2D eigenvalue weighted by molar-refractivity contribution is 6.44. The van der Waals surface area contributed by atoms with Crippen molar-refractivity contribution < 1.29 is 14.1 Å². The smallest absolute Gasteiger partial charge is 0.269 e. The maximum atomic E-state index is 12.4. The molecule has 0 aliphatic rings. The fourth-order valence-corrected chi connectivity index (χ4v) is 3.04. The van der Waals surface area contributed by atoms with Crippen LogP contribution in [0, 0.1) is 28.4 Å². The number of furan rings is 1. The van der Waals surface area contributed by atoms with Gasteiger partial charge in [-0.05, 0) is 42.8 Å². The molecule has 30 heavy (non-hydrogen) atoms. The van der Waals surface area contributed by atoms with Gasteiger partial charge in [-0.3, -0.25) is 14.9 Å². The van der Waals surface area contributed by atoms with Crippen LogP contribution in [-0.4, -0.2) is 10.8 Å². The predicted octanol–water partition coefficient (Wildman–Crippen LogP) is 6.02. The lowest BCUT2D eigenvalue weighted by Crippen LogP contribution is -2.13. The minimum Gasteiger partial charge on any atom is -0.457 e. The summed E-state index contributed by atoms with van der Waals surface area (Å²) in [6, 6.07) is 14.2. The quantitative estimate of drug-likeness (QED) is 0.225. The van der Waals surface area contributed by atoms with Gasteiger partial charge >= 0.3 is 0 Å². The Labute approximate surface area is 181 Å². The van der Waals surface area contributed by atoms with Gasteiger partial charge in [-0.2, -0.15) is 5.26 Å². The SMILES string of the molecule is Cc1cc([N+](=O)[O-])ccc1-c1ccc(/C=C(\C#N)C(=O)Nc2cccc(Cl)c2Cl)o1. The van der Waals surface area contributed by atoms with Crippen LogP contribution < -0.4 is 5.32 Å². The van der Waals surface area contributed by atoms with Gasteiger partial charge in [0.2, 0.25) is 0 Å². The van der Waals surface area contributed by atoms with Crippen LogP contribution in [0.15, 0.2) is 58.5 Å². The van der Waals surface area contributed by atoms with Gasteiger partial charge in [0, 0.05) is 23.8 Å². The lowest BCUT2D eigenvalue weighted by atomic mass is 10.1. The van der Waals surface area contributed by atoms with Gasteiger partial charge in [-0.15, -0.1) is 0 Å². The Morgan fingerprint density at radius 1 is 1.23 bits per heavy atom. The number of benzene rings is 2. The third-order valence-corrected chi connectivity index (χ3v) is 4.98. The van der Waals surface area contributed by atoms with Crippen LogP contribution in [-0.2, 0) is 4.79 Å². The van der Waals surface area contributed by atoms with E-state index in [1.807, 2.05) is 6.07 Å². The maximum absolute atomic E-state index is 12.4. The number of rotatable bonds is 5. The van der Waals surface area contributed by atoms with Crippen molar-refractivity contribution in [3.05, 3.63) is 85.6 Å². The average Bonchev–Trinajstić information content (AvgIpc) is 3.17. The Morgan fingerprint density at radius 3 is 2.67 bits per heavy atom. The molecule has 1 aromatic heterocycles. The summed E-state index contributed by atoms with van der Waals surface area (Å²) in [6.07, 6.45) is 1.29. The number of nitro benzene ring substituents is 1. The second-order valence-electron chi connectivity index (χ2n) is 6.18. The van der Waals surface area contributed by atoms with Gasteiger partial charge < -0.3 is 9.73 Å². The molecule has 1 amide bonds. The summed E-state index contributed by atoms with van der Waals surface area (Å²) in [7, 11) is 0. The number of carbonyl (C=O) groups is 1. The molecule has 1 N–H and O–H groups in total. The summed E-state index contributed by atoms with van der Waals surface area (Å²) in [5.74, 6) is 0.0435. The third kappa shape index (κ3) is 4.51. The van der Waals surface area contributed by atoms with Crippen LogP contribution in [0.1, 0.15) is 11.3 Å². The summed E-state index contributed by atoms with van der Waals surface area (Å²) in [4.78, 5) is 22.8. The van der Waals surface area contributed by atoms with Gasteiger partial charge in [-0.25, -0.2) is 0 Å². The monoisotopic (exact) mass is 441 g/mol. The van der Waals surface area contributed by atoms with Crippen molar-refractivity contribution in [2.75, 3.05) is 5.32 Å². The number of halogens is 2. The number of nitrogens with one attached hydrogen (secondary N) is 1. The molecule has 3 aromatic rings. The number of hydrogen-bond donors (Lipinski definition) is 1. The van der Waals surface area contributed by atoms with E-state index in [0.717, 1.165) is 0 Å². The van der Waals surface area contributed by atoms with E-state index in [2.05, 4.69) is 5.32 Å². The van der Waals surface area contributed by atoms with Crippen LogP contribution in [0.2, 0.25) is 10.0 Å². The summed E-state index contributed by atoms with van der Waals surface area (Å²) < 4.78 is 5.70. The lowest BCUT2D eigenvalue weighted by molar-refractivity contribution is -0.384. The molecule has 150 valence electrons. The standard InChI is InChI=1S/C21H13Cl2N3O4/c1-12-9-14(26(28)29)5-7-16(12)19-8-6-15(30-19)10-13(11-24)21(27)25-18-4-2-3-17(22)20(18)23/h2-10H,1H3,(H,25,27)/b13-10+. The number of non-ortho nitro benzene ring substituents is 1. The van der Waals surface area contributed by atoms with Gasteiger partial charge in [0.15, 0.2) is 0 Å². The van der Waals surface area contributed by atoms with Crippen LogP contribution >= 0.6 is 23.2 Å². The molecule has 0 saturated heterocycles. The fourth-order valence-electron chi connectivity index (χ4n) is 2.69. The molecule has 1 heterocycles. The zero-order chi connectivity index (χ0) is 21.8. The predicted molar refractivity (Wildman–Crippen MR) is 114 cm³/mol. The first-order valence-corrected chi connectivity index (χ1v) is 9.28. The zero-order valence-electron chi connectivity index (χ0n) is 15.5. The van der Waals surface area contributed by atoms with Gasteiger partial charge in [-0.1, -0.05) is 29.3 Å². The highest BCUT2D eigenvalue weighted by atomic mass is 35.5. The zero-order valence-corrected chi connectivity index (χ0v) is 17.0. The molecule has 0 aliphatic carbocycles. The number of nitriles is 1. The first-order valence-electron chi connectivity index (χ1n) is 8.52. The molecule has 7 nitrogen and oxygen atoms in total. The van der Waals surface area contributed by atoms with E-state index in [1.54, 1.807) is 43.3 Å². The fraction of sp³-hybridized carbons (Fsp3) is 0.0476. The van der Waals surface area contributed by atoms with Crippen LogP contribution in [0.3, 0.4) is 0 Å². The first kappa shape index (κ1) is 21.1. The van der Waals surface area contributed by atoms with E-state index < -0.39 is 10.8 Å². The molecule has 2 aromatic carbocycles. The Morgan fingerprint density at radius 2 is 2.00 bits per heavy atom. The van der Waals surface area contributed by atoms with E-state index in [1.165, 1.54) is 18.2 Å². The summed E-state index contributed by atoms with van der Waals surface area (Å²) in [6.45, 7) is 1.73. The molecule has 0 radical (unpaired) electrons. The number of nitro groups is 1. The van der Waals surface area contributed by atoms with Gasteiger partial charge in [0.25, 0.3) is 11.6 Å². The second kappa shape index (κ2) is 8.82. The molecular weight excluding hydrogens is 429 g/mol. The Bertz CT molecular complexity index is 1230. The van der Waals surface area contributed by atoms with Crippen molar-refractivity contribution in [3.63, 3.8) is 0 Å². The Balaban J connectivity index is 1.85. The van der Waals surface area contributed by atoms with Gasteiger partial charge in [0.05, 0.1) is 20.7 Å². The number of hydrogen-bond acceptors (Lipinski definition) is 5. The minimum absolute atomic E-state index is 0.0222. The van der Waals surface area contributed by atoms with Crippen LogP contribution in [0.5, 0.6) is 0 Å². The summed E-state index contributed by atoms with van der Waals surface area (Å²) >= 11 is 12.0. The van der Waals surface area contributed by atoms with Crippen LogP contribution in [0.25, 0.3) is 17.4 Å². The molecule has 0 atom stereocenters. The van der Waals surface area contributed by atoms with Crippen molar-refractivity contribution in [1.82, 2.24) is 0 Å². The maximum Gasteiger partial charge on any atom is 0.269 e. The summed E-state index contributed by atoms with van der Waals surface area (Å²) in [5.41, 5.74) is 1.37. The number of carbonyl (C=O) groups excluding carboxylic acids is 1. The molecule has 0 spiro atoms. The van der Waals surface area contributed by atoms with Crippen molar-refractivity contribution in [2.45, 2.75) is 6.92 Å². The van der Waals surface area contributed by atoms with Crippen molar-refractivity contribution >= 4 is 46.6 Å². The number of nitrogens with zero attached hydrogens (tertiary/aromatic N) is 2. The van der Waals surface area contributed by atoms with E-state index >= 15 is 0 Å². The highest BCUT2D eigenvalue weighted by Crippen LogP contribution is 2.31. The Kier molecular flexibility index (Phi) is 6.21. The molecular formula is C21H13Cl2N3O4. The Hall–Kier alpha value is -3.60. The van der Waals surface area contributed by atoms with Crippen molar-refractivity contribution in [1.29, 1.82) is 5.26 Å². The number of amides is 1. The van der Waals surface area contributed by atoms with E-state index in [0.29, 0.717) is 16.9 Å². The van der Waals surface area contributed by atoms with Crippen molar-refractivity contribution in [2.24, 2.45) is 0 Å². The van der Waals surface area contributed by atoms with Crippen molar-refractivity contribution in [3.8, 4) is 17.4 Å². The largest absolute Gasteiger partial charge is 0.457 e. The lowest BCUT2D eigenvalue weighted by Gasteiger charge is -2.07. The average molecular weight is 442 g/mol. The minimum atomic E-state index is -0.675. The topological polar surface area (TPSA) is 109 Å². The third-order valence-electron chi connectivity index (χ3n) is 4.16. The molecule has 0 unspecified atom stereocenters. The van der Waals surface area contributed by atoms with Gasteiger partial charge in [0.1, 0.15) is 23.2 Å². The molecule has 0 fully saturated rings. The summed E-state index contributed by atoms with van der Waals surface area (Å²) in [5, 5.41) is 23.2. The molecule has 9 heteroatoms. The van der Waals surface area contributed by atoms with E-state index in [4.69, 9.17) is 27.6 Å². The number of aryl methyl sites for hydroxylation is 1. The van der Waals surface area contributed by atoms with Crippen LogP contribution in [0.4, 0.5) is 11.4 Å². The van der Waals surface area contributed by atoms with E-state index in [9.17, 15) is 20.2 Å². The normalized spacial score (nSPS) is 11.1. The number of anilines is 1. The molecule has 0 aliphatic heterocycles. The molecule has 0 saturated carbocycles. The second-order valence-corrected chi connectivity index (χ2v) is 6.97.